The topological polar surface area (TPSA) is 78.5 Å². The van der Waals surface area contributed by atoms with Crippen LogP contribution in [-0.4, -0.2) is 41.4 Å². The van der Waals surface area contributed by atoms with E-state index < -0.39 is 11.6 Å². The first-order chi connectivity index (χ1) is 16.0. The van der Waals surface area contributed by atoms with Crippen LogP contribution in [0.4, 0.5) is 4.79 Å². The van der Waals surface area contributed by atoms with E-state index in [9.17, 15) is 14.4 Å². The Bertz CT molecular complexity index is 1250. The number of imide groups is 1. The number of piperidine rings is 1. The summed E-state index contributed by atoms with van der Waals surface area (Å²) in [5.41, 5.74) is 0.423. The van der Waals surface area contributed by atoms with E-state index >= 15 is 0 Å². The molecule has 2 N–H and O–H groups in total. The highest BCUT2D eigenvalue weighted by Gasteiger charge is 2.52. The predicted molar refractivity (Wildman–Crippen MR) is 127 cm³/mol. The summed E-state index contributed by atoms with van der Waals surface area (Å²) < 4.78 is 0. The summed E-state index contributed by atoms with van der Waals surface area (Å²) in [5.74, 6) is -0.451. The third kappa shape index (κ3) is 3.85. The second kappa shape index (κ2) is 8.52. The second-order valence-corrected chi connectivity index (χ2v) is 9.15. The molecule has 5 rings (SSSR count). The summed E-state index contributed by atoms with van der Waals surface area (Å²) in [7, 11) is 0. The van der Waals surface area contributed by atoms with Gasteiger partial charge in [-0.25, -0.2) is 4.79 Å². The van der Waals surface area contributed by atoms with E-state index in [2.05, 4.69) is 10.6 Å². The SMILES string of the molecule is O=C1NC(=O)[C@@](Cc2ccccc2Cl)(C2CCN(C(=O)c3cccc4ccccc34)CC2)N1. The molecular formula is C26H24ClN3O3. The molecule has 2 saturated heterocycles. The van der Waals surface area contributed by atoms with Crippen molar-refractivity contribution in [2.75, 3.05) is 13.1 Å². The lowest BCUT2D eigenvalue weighted by Gasteiger charge is -2.41. The zero-order valence-corrected chi connectivity index (χ0v) is 18.8. The molecule has 2 aliphatic heterocycles. The van der Waals surface area contributed by atoms with Gasteiger partial charge in [0.05, 0.1) is 0 Å². The number of likely N-dealkylation sites (tertiary alicyclic amines) is 1. The Labute approximate surface area is 196 Å². The first kappa shape index (κ1) is 21.5. The number of halogens is 1. The van der Waals surface area contributed by atoms with Crippen molar-refractivity contribution in [2.45, 2.75) is 24.8 Å². The van der Waals surface area contributed by atoms with Crippen molar-refractivity contribution in [3.63, 3.8) is 0 Å². The summed E-state index contributed by atoms with van der Waals surface area (Å²) in [6, 6.07) is 20.5. The van der Waals surface area contributed by atoms with Crippen LogP contribution in [0.5, 0.6) is 0 Å². The van der Waals surface area contributed by atoms with Crippen molar-refractivity contribution < 1.29 is 14.4 Å². The molecule has 0 aromatic heterocycles. The van der Waals surface area contributed by atoms with E-state index in [1.54, 1.807) is 6.07 Å². The Balaban J connectivity index is 1.37. The van der Waals surface area contributed by atoms with Crippen LogP contribution in [0.25, 0.3) is 10.8 Å². The number of fused-ring (bicyclic) bond motifs is 1. The van der Waals surface area contributed by atoms with E-state index in [0.717, 1.165) is 16.3 Å². The standard InChI is InChI=1S/C26H24ClN3O3/c27-22-11-4-2-7-18(22)16-26(24(32)28-25(33)29-26)19-12-14-30(15-13-19)23(31)21-10-5-8-17-6-1-3-9-20(17)21/h1-11,19H,12-16H2,(H2,28,29,32,33)/t26-/m1/s1. The van der Waals surface area contributed by atoms with Gasteiger partial charge in [-0.3, -0.25) is 14.9 Å². The van der Waals surface area contributed by atoms with Gasteiger partial charge in [0.2, 0.25) is 0 Å². The lowest BCUT2D eigenvalue weighted by atomic mass is 9.74. The molecule has 3 aromatic carbocycles. The maximum atomic E-state index is 13.3. The van der Waals surface area contributed by atoms with E-state index in [0.29, 0.717) is 42.9 Å². The van der Waals surface area contributed by atoms with Crippen LogP contribution < -0.4 is 10.6 Å². The Kier molecular flexibility index (Phi) is 5.54. The van der Waals surface area contributed by atoms with Crippen molar-refractivity contribution in [1.29, 1.82) is 0 Å². The molecule has 0 unspecified atom stereocenters. The molecule has 2 heterocycles. The number of nitrogens with zero attached hydrogens (tertiary/aromatic N) is 1. The highest BCUT2D eigenvalue weighted by Crippen LogP contribution is 2.36. The smallest absolute Gasteiger partial charge is 0.322 e. The molecule has 2 aliphatic rings. The quantitative estimate of drug-likeness (QED) is 0.572. The van der Waals surface area contributed by atoms with Crippen molar-refractivity contribution in [2.24, 2.45) is 5.92 Å². The number of benzene rings is 3. The molecule has 168 valence electrons. The molecular weight excluding hydrogens is 438 g/mol. The molecule has 7 heteroatoms. The summed E-state index contributed by atoms with van der Waals surface area (Å²) in [5, 5.41) is 7.84. The normalized spacial score (nSPS) is 21.2. The minimum Gasteiger partial charge on any atom is -0.339 e. The number of nitrogens with one attached hydrogen (secondary N) is 2. The summed E-state index contributed by atoms with van der Waals surface area (Å²) in [6.45, 7) is 1.03. The second-order valence-electron chi connectivity index (χ2n) is 8.74. The molecule has 6 nitrogen and oxygen atoms in total. The number of rotatable bonds is 4. The zero-order valence-electron chi connectivity index (χ0n) is 18.0. The van der Waals surface area contributed by atoms with Crippen LogP contribution in [0.2, 0.25) is 5.02 Å². The maximum Gasteiger partial charge on any atom is 0.322 e. The summed E-state index contributed by atoms with van der Waals surface area (Å²) in [6.07, 6.45) is 1.52. The molecule has 0 bridgehead atoms. The van der Waals surface area contributed by atoms with Crippen LogP contribution in [0, 0.1) is 5.92 Å². The Morgan fingerprint density at radius 3 is 2.39 bits per heavy atom. The lowest BCUT2D eigenvalue weighted by molar-refractivity contribution is -0.126. The molecule has 0 radical (unpaired) electrons. The van der Waals surface area contributed by atoms with Gasteiger partial charge >= 0.3 is 6.03 Å². The molecule has 2 fully saturated rings. The molecule has 1 atom stereocenters. The average Bonchev–Trinajstić information content (AvgIpc) is 3.13. The van der Waals surface area contributed by atoms with Gasteiger partial charge < -0.3 is 10.2 Å². The minimum atomic E-state index is -1.07. The van der Waals surface area contributed by atoms with Gasteiger partial charge in [-0.15, -0.1) is 0 Å². The highest BCUT2D eigenvalue weighted by molar-refractivity contribution is 6.31. The van der Waals surface area contributed by atoms with Gasteiger partial charge in [-0.2, -0.15) is 0 Å². The average molecular weight is 462 g/mol. The molecule has 0 aliphatic carbocycles. The Morgan fingerprint density at radius 2 is 1.67 bits per heavy atom. The van der Waals surface area contributed by atoms with Crippen molar-refractivity contribution in [1.82, 2.24) is 15.5 Å². The van der Waals surface area contributed by atoms with Crippen LogP contribution in [-0.2, 0) is 11.2 Å². The predicted octanol–water partition coefficient (Wildman–Crippen LogP) is 4.17. The highest BCUT2D eigenvalue weighted by atomic mass is 35.5. The molecule has 4 amide bonds. The number of carbonyl (C=O) groups excluding carboxylic acids is 3. The molecule has 0 spiro atoms. The largest absolute Gasteiger partial charge is 0.339 e. The van der Waals surface area contributed by atoms with E-state index in [1.807, 2.05) is 65.6 Å². The Hall–Kier alpha value is -3.38. The third-order valence-electron chi connectivity index (χ3n) is 6.90. The van der Waals surface area contributed by atoms with E-state index in [4.69, 9.17) is 11.6 Å². The number of urea groups is 1. The first-order valence-corrected chi connectivity index (χ1v) is 11.5. The van der Waals surface area contributed by atoms with Crippen LogP contribution in [0.1, 0.15) is 28.8 Å². The number of hydrogen-bond donors (Lipinski definition) is 2. The van der Waals surface area contributed by atoms with E-state index in [1.165, 1.54) is 0 Å². The van der Waals surface area contributed by atoms with Gasteiger partial charge in [-0.1, -0.05) is 66.2 Å². The minimum absolute atomic E-state index is 0.00897. The van der Waals surface area contributed by atoms with Crippen molar-refractivity contribution in [3.8, 4) is 0 Å². The van der Waals surface area contributed by atoms with Crippen LogP contribution in [0.3, 0.4) is 0 Å². The van der Waals surface area contributed by atoms with E-state index in [-0.39, 0.29) is 17.7 Å². The third-order valence-corrected chi connectivity index (χ3v) is 7.26. The summed E-state index contributed by atoms with van der Waals surface area (Å²) >= 11 is 6.37. The number of hydrogen-bond acceptors (Lipinski definition) is 3. The van der Waals surface area contributed by atoms with Crippen LogP contribution in [0.15, 0.2) is 66.7 Å². The number of amides is 4. The number of carbonyl (C=O) groups is 3. The van der Waals surface area contributed by atoms with Gasteiger partial charge in [0, 0.05) is 30.1 Å². The molecule has 3 aromatic rings. The fraction of sp³-hybridized carbons (Fsp3) is 0.269. The molecule has 33 heavy (non-hydrogen) atoms. The van der Waals surface area contributed by atoms with Crippen LogP contribution >= 0.6 is 11.6 Å². The van der Waals surface area contributed by atoms with Gasteiger partial charge in [0.25, 0.3) is 11.8 Å². The summed E-state index contributed by atoms with van der Waals surface area (Å²) in [4.78, 5) is 40.3. The lowest BCUT2D eigenvalue weighted by Crippen LogP contribution is -2.58. The monoisotopic (exact) mass is 461 g/mol. The molecule has 0 saturated carbocycles. The fourth-order valence-electron chi connectivity index (χ4n) is 5.16. The van der Waals surface area contributed by atoms with Gasteiger partial charge in [0.15, 0.2) is 0 Å². The van der Waals surface area contributed by atoms with Gasteiger partial charge in [-0.05, 0) is 47.2 Å². The van der Waals surface area contributed by atoms with Crippen molar-refractivity contribution in [3.05, 3.63) is 82.9 Å². The Morgan fingerprint density at radius 1 is 0.970 bits per heavy atom. The van der Waals surface area contributed by atoms with Gasteiger partial charge in [0.1, 0.15) is 5.54 Å². The zero-order chi connectivity index (χ0) is 23.0. The fourth-order valence-corrected chi connectivity index (χ4v) is 5.36. The first-order valence-electron chi connectivity index (χ1n) is 11.1. The maximum absolute atomic E-state index is 13.3. The van der Waals surface area contributed by atoms with Crippen molar-refractivity contribution >= 4 is 40.2 Å².